The van der Waals surface area contributed by atoms with Crippen molar-refractivity contribution in [2.45, 2.75) is 56.6 Å². The van der Waals surface area contributed by atoms with E-state index in [1.165, 1.54) is 21.1 Å². The van der Waals surface area contributed by atoms with E-state index in [4.69, 9.17) is 9.47 Å². The second-order valence-corrected chi connectivity index (χ2v) is 9.93. The molecule has 5 rings (SSSR count). The fourth-order valence-electron chi connectivity index (χ4n) is 6.91. The molecule has 1 aromatic carbocycles. The van der Waals surface area contributed by atoms with Crippen LogP contribution < -0.4 is 4.74 Å². The highest BCUT2D eigenvalue weighted by Gasteiger charge is 2.60. The summed E-state index contributed by atoms with van der Waals surface area (Å²) in [5, 5.41) is 54.7. The van der Waals surface area contributed by atoms with Crippen LogP contribution in [0.25, 0.3) is 0 Å². The number of benzene rings is 1. The number of piperazine rings is 1. The van der Waals surface area contributed by atoms with Gasteiger partial charge in [-0.1, -0.05) is 0 Å². The largest absolute Gasteiger partial charge is 0.507 e. The fourth-order valence-corrected chi connectivity index (χ4v) is 6.91. The number of methoxy groups -OCH3 is 2. The zero-order valence-electron chi connectivity index (χ0n) is 21.1. The number of phenolic OH excluding ortho intramolecular Hbond substituents is 2. The number of fused-ring (bicyclic) bond motifs is 6. The van der Waals surface area contributed by atoms with Crippen molar-refractivity contribution in [1.82, 2.24) is 9.80 Å². The highest BCUT2D eigenvalue weighted by atomic mass is 16.5. The molecule has 3 aliphatic heterocycles. The summed E-state index contributed by atoms with van der Waals surface area (Å²) in [6, 6.07) is -2.08. The van der Waals surface area contributed by atoms with E-state index in [0.29, 0.717) is 0 Å². The topological polar surface area (TPSA) is 164 Å². The van der Waals surface area contributed by atoms with Crippen LogP contribution in [0.1, 0.15) is 42.2 Å². The van der Waals surface area contributed by atoms with Gasteiger partial charge >= 0.3 is 0 Å². The third-order valence-electron chi connectivity index (χ3n) is 8.48. The second kappa shape index (κ2) is 8.56. The van der Waals surface area contributed by atoms with Gasteiger partial charge in [0.2, 0.25) is 5.78 Å². The molecule has 0 spiro atoms. The zero-order chi connectivity index (χ0) is 27.1. The van der Waals surface area contributed by atoms with E-state index in [9.17, 15) is 35.3 Å². The third kappa shape index (κ3) is 3.01. The minimum Gasteiger partial charge on any atom is -0.507 e. The number of nitriles is 1. The van der Waals surface area contributed by atoms with E-state index in [0.717, 1.165) is 0 Å². The van der Waals surface area contributed by atoms with Gasteiger partial charge < -0.3 is 29.9 Å². The number of likely N-dealkylation sites (N-methyl/N-ethyl adjacent to an activating group) is 1. The molecule has 1 fully saturated rings. The molecule has 0 amide bonds. The summed E-state index contributed by atoms with van der Waals surface area (Å²) in [4.78, 5) is 30.2. The number of ether oxygens (including phenoxy) is 2. The molecule has 196 valence electrons. The number of aromatic hydroxyl groups is 2. The molecule has 1 aromatic rings. The van der Waals surface area contributed by atoms with Crippen LogP contribution in [0.3, 0.4) is 0 Å². The van der Waals surface area contributed by atoms with Crippen LogP contribution in [-0.4, -0.2) is 93.8 Å². The number of nitrogens with zero attached hydrogens (tertiary/aromatic N) is 3. The molecular weight excluding hydrogens is 482 g/mol. The quantitative estimate of drug-likeness (QED) is 0.330. The molecule has 4 N–H and O–H groups in total. The Kier molecular flexibility index (Phi) is 5.84. The second-order valence-electron chi connectivity index (χ2n) is 9.93. The highest BCUT2D eigenvalue weighted by molar-refractivity contribution is 6.25. The van der Waals surface area contributed by atoms with Crippen molar-refractivity contribution < 1.29 is 39.5 Å². The molecule has 4 aliphatic rings. The first-order chi connectivity index (χ1) is 17.6. The van der Waals surface area contributed by atoms with Gasteiger partial charge in [0.1, 0.15) is 17.9 Å². The predicted molar refractivity (Wildman–Crippen MR) is 128 cm³/mol. The number of carbonyl (C=O) groups is 2. The van der Waals surface area contributed by atoms with E-state index < -0.39 is 48.7 Å². The van der Waals surface area contributed by atoms with E-state index >= 15 is 0 Å². The van der Waals surface area contributed by atoms with Crippen LogP contribution >= 0.6 is 0 Å². The lowest BCUT2D eigenvalue weighted by Crippen LogP contribution is -2.71. The average Bonchev–Trinajstić information content (AvgIpc) is 2.87. The molecule has 0 saturated carbocycles. The summed E-state index contributed by atoms with van der Waals surface area (Å²) in [6.45, 7) is 2.49. The van der Waals surface area contributed by atoms with Crippen molar-refractivity contribution in [3.8, 4) is 23.3 Å². The monoisotopic (exact) mass is 511 g/mol. The Morgan fingerprint density at radius 2 is 1.76 bits per heavy atom. The maximum atomic E-state index is 13.4. The Bertz CT molecular complexity index is 1340. The van der Waals surface area contributed by atoms with Crippen LogP contribution in [0.4, 0.5) is 0 Å². The van der Waals surface area contributed by atoms with E-state index in [-0.39, 0.29) is 68.6 Å². The lowest BCUT2D eigenvalue weighted by Gasteiger charge is -2.60. The SMILES string of the molecule is COC1=C(C)C(=O)C2=C(C1=O)[C@H](CO)N1[C@@H](C#N)[C@@H]3[C@@H](O)c4c(O)c(C)c(OC)c(O)c4[C@H]([C@@H]1C2)N3C. The summed E-state index contributed by atoms with van der Waals surface area (Å²) >= 11 is 0. The van der Waals surface area contributed by atoms with Crippen molar-refractivity contribution >= 4 is 11.6 Å². The van der Waals surface area contributed by atoms with Crippen LogP contribution in [0, 0.1) is 18.3 Å². The summed E-state index contributed by atoms with van der Waals surface area (Å²) in [6.07, 6.45) is -1.34. The number of ketones is 2. The van der Waals surface area contributed by atoms with E-state index in [2.05, 4.69) is 6.07 Å². The van der Waals surface area contributed by atoms with Crippen molar-refractivity contribution in [1.29, 1.82) is 5.26 Å². The van der Waals surface area contributed by atoms with Gasteiger partial charge in [-0.2, -0.15) is 5.26 Å². The van der Waals surface area contributed by atoms with Gasteiger partial charge in [0.15, 0.2) is 23.0 Å². The first-order valence-corrected chi connectivity index (χ1v) is 11.9. The van der Waals surface area contributed by atoms with E-state index in [1.54, 1.807) is 23.8 Å². The van der Waals surface area contributed by atoms with Crippen LogP contribution in [0.15, 0.2) is 22.5 Å². The number of aliphatic hydroxyl groups is 2. The number of allylic oxidation sites excluding steroid dienone is 2. The molecule has 1 saturated heterocycles. The highest BCUT2D eigenvalue weighted by Crippen LogP contribution is 2.58. The number of rotatable bonds is 3. The summed E-state index contributed by atoms with van der Waals surface area (Å²) < 4.78 is 10.6. The van der Waals surface area contributed by atoms with Crippen LogP contribution in [0.2, 0.25) is 0 Å². The Morgan fingerprint density at radius 3 is 2.32 bits per heavy atom. The summed E-state index contributed by atoms with van der Waals surface area (Å²) in [5.74, 6) is -1.46. The summed E-state index contributed by atoms with van der Waals surface area (Å²) in [7, 11) is 4.35. The third-order valence-corrected chi connectivity index (χ3v) is 8.48. The van der Waals surface area contributed by atoms with Crippen molar-refractivity contribution in [3.63, 3.8) is 0 Å². The molecule has 37 heavy (non-hydrogen) atoms. The molecule has 11 nitrogen and oxygen atoms in total. The zero-order valence-corrected chi connectivity index (χ0v) is 21.1. The number of aliphatic hydroxyl groups excluding tert-OH is 2. The van der Waals surface area contributed by atoms with Gasteiger partial charge in [-0.3, -0.25) is 19.4 Å². The molecule has 0 unspecified atom stereocenters. The lowest BCUT2D eigenvalue weighted by atomic mass is 9.69. The number of carbonyl (C=O) groups excluding carboxylic acids is 2. The normalized spacial score (nSPS) is 31.5. The Morgan fingerprint density at radius 1 is 1.08 bits per heavy atom. The van der Waals surface area contributed by atoms with Gasteiger partial charge in [-0.25, -0.2) is 0 Å². The minimum absolute atomic E-state index is 0.0383. The van der Waals surface area contributed by atoms with Gasteiger partial charge in [-0.05, 0) is 27.3 Å². The molecule has 11 heteroatoms. The van der Waals surface area contributed by atoms with Crippen molar-refractivity contribution in [2.75, 3.05) is 27.9 Å². The average molecular weight is 512 g/mol. The minimum atomic E-state index is -1.38. The lowest BCUT2D eigenvalue weighted by molar-refractivity contribution is -0.129. The maximum absolute atomic E-state index is 13.4. The maximum Gasteiger partial charge on any atom is 0.226 e. The van der Waals surface area contributed by atoms with Crippen molar-refractivity contribution in [3.05, 3.63) is 39.2 Å². The van der Waals surface area contributed by atoms with Gasteiger partial charge in [0.05, 0.1) is 45.0 Å². The Hall–Kier alpha value is -3.43. The molecule has 2 bridgehead atoms. The number of Topliss-reactive ketones (excluding diaryl/α,β-unsaturated/α-hetero) is 2. The van der Waals surface area contributed by atoms with Crippen LogP contribution in [0.5, 0.6) is 17.2 Å². The molecule has 0 aromatic heterocycles. The van der Waals surface area contributed by atoms with Crippen molar-refractivity contribution in [2.24, 2.45) is 0 Å². The smallest absolute Gasteiger partial charge is 0.226 e. The van der Waals surface area contributed by atoms with E-state index in [1.807, 2.05) is 0 Å². The first kappa shape index (κ1) is 25.2. The molecule has 1 aliphatic carbocycles. The Balaban J connectivity index is 1.79. The molecule has 6 atom stereocenters. The number of hydrogen-bond donors (Lipinski definition) is 4. The fraction of sp³-hybridized carbons (Fsp3) is 0.500. The first-order valence-electron chi connectivity index (χ1n) is 11.9. The van der Waals surface area contributed by atoms with Gasteiger partial charge in [-0.15, -0.1) is 0 Å². The number of hydrogen-bond acceptors (Lipinski definition) is 11. The van der Waals surface area contributed by atoms with Gasteiger partial charge in [0, 0.05) is 39.5 Å². The molecule has 0 radical (unpaired) electrons. The van der Waals surface area contributed by atoms with Crippen LogP contribution in [-0.2, 0) is 14.3 Å². The standard InChI is InChI=1S/C26H29N3O8/c1-9-20(31)11-6-12-18-16-17(21(32)10(2)26(37-5)24(16)35)22(33)19(28(18)3)13(7-27)29(12)14(8-30)15(11)23(34)25(9)36-4/h12-14,18-19,22,30,32-33,35H,6,8H2,1-5H3/t12-,13-,14-,18-,19+,22-/m0/s1. The predicted octanol–water partition coefficient (Wildman–Crippen LogP) is 0.513. The molecular formula is C26H29N3O8. The summed E-state index contributed by atoms with van der Waals surface area (Å²) in [5.41, 5.74) is 1.03. The van der Waals surface area contributed by atoms with Gasteiger partial charge in [0.25, 0.3) is 0 Å². The Labute approximate surface area is 213 Å². The number of phenols is 2. The molecule has 3 heterocycles.